The third-order valence-corrected chi connectivity index (χ3v) is 2.92. The fourth-order valence-electron chi connectivity index (χ4n) is 1.93. The van der Waals surface area contributed by atoms with E-state index in [1.807, 2.05) is 12.4 Å². The summed E-state index contributed by atoms with van der Waals surface area (Å²) in [5.74, 6) is 1.72. The third-order valence-electron chi connectivity index (χ3n) is 2.92. The van der Waals surface area contributed by atoms with Crippen molar-refractivity contribution in [3.05, 3.63) is 12.4 Å². The Labute approximate surface area is 90.6 Å². The van der Waals surface area contributed by atoms with Gasteiger partial charge in [-0.2, -0.15) is 0 Å². The van der Waals surface area contributed by atoms with Crippen LogP contribution in [0.5, 0.6) is 0 Å². The Morgan fingerprint density at radius 2 is 2.60 bits per heavy atom. The van der Waals surface area contributed by atoms with Gasteiger partial charge in [0.2, 0.25) is 5.95 Å². The minimum absolute atomic E-state index is 0.738. The Bertz CT molecular complexity index is 292. The van der Waals surface area contributed by atoms with Crippen LogP contribution >= 0.6 is 0 Å². The molecule has 0 amide bonds. The van der Waals surface area contributed by atoms with Crippen LogP contribution in [-0.2, 0) is 11.3 Å². The molecule has 0 spiro atoms. The minimum atomic E-state index is 0.738. The van der Waals surface area contributed by atoms with E-state index in [9.17, 15) is 0 Å². The number of hydrogen-bond donors (Lipinski definition) is 1. The molecule has 0 aromatic carbocycles. The number of nitrogens with one attached hydrogen (secondary N) is 1. The first-order valence-corrected chi connectivity index (χ1v) is 5.73. The van der Waals surface area contributed by atoms with Crippen molar-refractivity contribution in [2.75, 3.05) is 25.1 Å². The number of anilines is 1. The second-order valence-electron chi connectivity index (χ2n) is 3.98. The number of imidazole rings is 1. The number of aryl methyl sites for hydroxylation is 1. The van der Waals surface area contributed by atoms with Crippen LogP contribution in [0.3, 0.4) is 0 Å². The van der Waals surface area contributed by atoms with Crippen molar-refractivity contribution in [2.24, 2.45) is 5.92 Å². The van der Waals surface area contributed by atoms with Crippen molar-refractivity contribution in [1.29, 1.82) is 0 Å². The molecule has 2 rings (SSSR count). The summed E-state index contributed by atoms with van der Waals surface area (Å²) in [6, 6.07) is 0. The highest BCUT2D eigenvalue weighted by molar-refractivity contribution is 5.25. The summed E-state index contributed by atoms with van der Waals surface area (Å²) in [6.07, 6.45) is 6.23. The van der Waals surface area contributed by atoms with Gasteiger partial charge in [0.05, 0.1) is 0 Å². The van der Waals surface area contributed by atoms with E-state index in [0.29, 0.717) is 0 Å². The second kappa shape index (κ2) is 5.16. The molecule has 1 atom stereocenters. The molecule has 1 aliphatic heterocycles. The van der Waals surface area contributed by atoms with E-state index in [1.165, 1.54) is 12.8 Å². The van der Waals surface area contributed by atoms with Crippen molar-refractivity contribution in [3.63, 3.8) is 0 Å². The Morgan fingerprint density at radius 3 is 3.33 bits per heavy atom. The molecule has 1 aliphatic rings. The van der Waals surface area contributed by atoms with Crippen molar-refractivity contribution in [2.45, 2.75) is 26.3 Å². The molecule has 15 heavy (non-hydrogen) atoms. The van der Waals surface area contributed by atoms with Gasteiger partial charge in [-0.25, -0.2) is 4.98 Å². The first-order chi connectivity index (χ1) is 7.40. The first-order valence-electron chi connectivity index (χ1n) is 5.73. The van der Waals surface area contributed by atoms with Crippen LogP contribution < -0.4 is 5.32 Å². The van der Waals surface area contributed by atoms with Crippen molar-refractivity contribution < 1.29 is 4.74 Å². The monoisotopic (exact) mass is 209 g/mol. The number of nitrogens with zero attached hydrogens (tertiary/aromatic N) is 2. The molecule has 4 nitrogen and oxygen atoms in total. The number of aromatic nitrogens is 2. The van der Waals surface area contributed by atoms with Gasteiger partial charge in [0, 0.05) is 38.7 Å². The van der Waals surface area contributed by atoms with Gasteiger partial charge in [-0.05, 0) is 25.7 Å². The fourth-order valence-corrected chi connectivity index (χ4v) is 1.93. The standard InChI is InChI=1S/C11H19N3O/c1-2-14-7-6-13-11(14)12-5-3-10-4-8-15-9-10/h6-7,10H,2-5,8-9H2,1H3,(H,12,13). The molecule has 0 saturated carbocycles. The third kappa shape index (κ3) is 2.72. The quantitative estimate of drug-likeness (QED) is 0.803. The van der Waals surface area contributed by atoms with Gasteiger partial charge < -0.3 is 14.6 Å². The highest BCUT2D eigenvalue weighted by Crippen LogP contribution is 2.16. The minimum Gasteiger partial charge on any atom is -0.381 e. The molecule has 0 aliphatic carbocycles. The van der Waals surface area contributed by atoms with E-state index >= 15 is 0 Å². The molecule has 2 heterocycles. The smallest absolute Gasteiger partial charge is 0.202 e. The Hall–Kier alpha value is -1.03. The topological polar surface area (TPSA) is 39.1 Å². The summed E-state index contributed by atoms with van der Waals surface area (Å²) in [6.45, 7) is 5.95. The Balaban J connectivity index is 1.73. The zero-order chi connectivity index (χ0) is 10.5. The normalized spacial score (nSPS) is 20.7. The highest BCUT2D eigenvalue weighted by Gasteiger charge is 2.14. The lowest BCUT2D eigenvalue weighted by molar-refractivity contribution is 0.185. The number of hydrogen-bond acceptors (Lipinski definition) is 3. The van der Waals surface area contributed by atoms with E-state index in [-0.39, 0.29) is 0 Å². The molecule has 1 saturated heterocycles. The molecule has 84 valence electrons. The van der Waals surface area contributed by atoms with Crippen LogP contribution in [0.1, 0.15) is 19.8 Å². The van der Waals surface area contributed by atoms with Gasteiger partial charge in [0.1, 0.15) is 0 Å². The maximum atomic E-state index is 5.34. The van der Waals surface area contributed by atoms with Gasteiger partial charge >= 0.3 is 0 Å². The summed E-state index contributed by atoms with van der Waals surface area (Å²) in [4.78, 5) is 4.27. The van der Waals surface area contributed by atoms with Gasteiger partial charge in [-0.1, -0.05) is 0 Å². The van der Waals surface area contributed by atoms with E-state index in [2.05, 4.69) is 21.8 Å². The predicted octanol–water partition coefficient (Wildman–Crippen LogP) is 1.74. The zero-order valence-corrected chi connectivity index (χ0v) is 9.28. The van der Waals surface area contributed by atoms with Gasteiger partial charge in [-0.15, -0.1) is 0 Å². The molecular formula is C11H19N3O. The lowest BCUT2D eigenvalue weighted by Crippen LogP contribution is -2.12. The van der Waals surface area contributed by atoms with Crippen molar-refractivity contribution in [1.82, 2.24) is 9.55 Å². The van der Waals surface area contributed by atoms with Gasteiger partial charge in [0.15, 0.2) is 0 Å². The molecular weight excluding hydrogens is 190 g/mol. The van der Waals surface area contributed by atoms with Crippen LogP contribution in [0.25, 0.3) is 0 Å². The molecule has 4 heteroatoms. The summed E-state index contributed by atoms with van der Waals surface area (Å²) in [7, 11) is 0. The van der Waals surface area contributed by atoms with E-state index in [4.69, 9.17) is 4.74 Å². The van der Waals surface area contributed by atoms with Crippen LogP contribution in [0.4, 0.5) is 5.95 Å². The van der Waals surface area contributed by atoms with Crippen LogP contribution in [0.2, 0.25) is 0 Å². The van der Waals surface area contributed by atoms with Crippen molar-refractivity contribution >= 4 is 5.95 Å². The Kier molecular flexibility index (Phi) is 3.61. The van der Waals surface area contributed by atoms with E-state index in [0.717, 1.165) is 38.2 Å². The molecule has 1 N–H and O–H groups in total. The van der Waals surface area contributed by atoms with Gasteiger partial charge in [0.25, 0.3) is 0 Å². The summed E-state index contributed by atoms with van der Waals surface area (Å²) >= 11 is 0. The average Bonchev–Trinajstić information content (AvgIpc) is 2.88. The van der Waals surface area contributed by atoms with Gasteiger partial charge in [-0.3, -0.25) is 0 Å². The SMILES string of the molecule is CCn1ccnc1NCCC1CCOC1. The first kappa shape index (κ1) is 10.5. The largest absolute Gasteiger partial charge is 0.381 e. The molecule has 1 aromatic heterocycles. The maximum Gasteiger partial charge on any atom is 0.202 e. The van der Waals surface area contributed by atoms with E-state index in [1.54, 1.807) is 0 Å². The molecule has 0 radical (unpaired) electrons. The van der Waals surface area contributed by atoms with Crippen LogP contribution in [0, 0.1) is 5.92 Å². The molecule has 1 aromatic rings. The van der Waals surface area contributed by atoms with Crippen molar-refractivity contribution in [3.8, 4) is 0 Å². The summed E-state index contributed by atoms with van der Waals surface area (Å²) < 4.78 is 7.46. The maximum absolute atomic E-state index is 5.34. The predicted molar refractivity (Wildman–Crippen MR) is 59.9 cm³/mol. The van der Waals surface area contributed by atoms with Crippen LogP contribution in [0.15, 0.2) is 12.4 Å². The number of rotatable bonds is 5. The lowest BCUT2D eigenvalue weighted by Gasteiger charge is -2.10. The average molecular weight is 209 g/mol. The molecule has 1 unspecified atom stereocenters. The molecule has 1 fully saturated rings. The fraction of sp³-hybridized carbons (Fsp3) is 0.727. The second-order valence-corrected chi connectivity index (χ2v) is 3.98. The zero-order valence-electron chi connectivity index (χ0n) is 9.28. The summed E-state index contributed by atoms with van der Waals surface area (Å²) in [5, 5.41) is 3.37. The van der Waals surface area contributed by atoms with Crippen LogP contribution in [-0.4, -0.2) is 29.3 Å². The number of ether oxygens (including phenoxy) is 1. The Morgan fingerprint density at radius 1 is 1.67 bits per heavy atom. The highest BCUT2D eigenvalue weighted by atomic mass is 16.5. The summed E-state index contributed by atoms with van der Waals surface area (Å²) in [5.41, 5.74) is 0. The molecule has 0 bridgehead atoms. The van der Waals surface area contributed by atoms with E-state index < -0.39 is 0 Å². The lowest BCUT2D eigenvalue weighted by atomic mass is 10.1.